The molecule has 1 saturated heterocycles. The van der Waals surface area contributed by atoms with Crippen LogP contribution in [-0.4, -0.2) is 49.6 Å². The first-order chi connectivity index (χ1) is 13.5. The maximum atomic E-state index is 13.9. The minimum Gasteiger partial charge on any atom is -0.489 e. The van der Waals surface area contributed by atoms with Gasteiger partial charge in [0.25, 0.3) is 0 Å². The summed E-state index contributed by atoms with van der Waals surface area (Å²) in [6.45, 7) is 7.74. The number of para-hydroxylation sites is 3. The molecule has 0 spiro atoms. The molecule has 1 amide bonds. The van der Waals surface area contributed by atoms with Crippen molar-refractivity contribution in [3.05, 3.63) is 54.3 Å². The monoisotopic (exact) mass is 385 g/mol. The molecule has 1 heterocycles. The highest BCUT2D eigenvalue weighted by molar-refractivity contribution is 5.92. The Morgan fingerprint density at radius 2 is 1.75 bits per heavy atom. The third-order valence-electron chi connectivity index (χ3n) is 4.74. The minimum absolute atomic E-state index is 0.0312. The quantitative estimate of drug-likeness (QED) is 0.788. The Bertz CT molecular complexity index is 789. The molecule has 0 saturated carbocycles. The van der Waals surface area contributed by atoms with Crippen LogP contribution in [0, 0.1) is 5.82 Å². The van der Waals surface area contributed by atoms with E-state index in [1.807, 2.05) is 50.2 Å². The standard InChI is InChI=1S/C22H28FN3O2/c1-17(2)28-21-10-6-4-8-19(21)24-22(27)11-12-25-13-15-26(16-14-25)20-9-5-3-7-18(20)23/h3-10,17H,11-16H2,1-2H3,(H,24,27). The highest BCUT2D eigenvalue weighted by Gasteiger charge is 2.20. The minimum atomic E-state index is -0.183. The average Bonchev–Trinajstić information content (AvgIpc) is 2.68. The number of nitrogens with one attached hydrogen (secondary N) is 1. The largest absolute Gasteiger partial charge is 0.489 e. The number of hydrogen-bond donors (Lipinski definition) is 1. The van der Waals surface area contributed by atoms with Gasteiger partial charge in [-0.3, -0.25) is 9.69 Å². The second kappa shape index (κ2) is 9.55. The summed E-state index contributed by atoms with van der Waals surface area (Å²) >= 11 is 0. The first-order valence-corrected chi connectivity index (χ1v) is 9.80. The number of amides is 1. The number of anilines is 2. The molecule has 150 valence electrons. The molecule has 3 rings (SSSR count). The predicted molar refractivity (Wildman–Crippen MR) is 111 cm³/mol. The van der Waals surface area contributed by atoms with Crippen molar-refractivity contribution in [2.24, 2.45) is 0 Å². The number of benzene rings is 2. The van der Waals surface area contributed by atoms with Gasteiger partial charge >= 0.3 is 0 Å². The van der Waals surface area contributed by atoms with E-state index < -0.39 is 0 Å². The smallest absolute Gasteiger partial charge is 0.225 e. The molecule has 0 aliphatic carbocycles. The Morgan fingerprint density at radius 3 is 2.46 bits per heavy atom. The van der Waals surface area contributed by atoms with Gasteiger partial charge in [-0.05, 0) is 38.1 Å². The second-order valence-electron chi connectivity index (χ2n) is 7.24. The summed E-state index contributed by atoms with van der Waals surface area (Å²) in [7, 11) is 0. The number of halogens is 1. The van der Waals surface area contributed by atoms with Gasteiger partial charge in [-0.15, -0.1) is 0 Å². The van der Waals surface area contributed by atoms with E-state index in [0.29, 0.717) is 30.1 Å². The SMILES string of the molecule is CC(C)Oc1ccccc1NC(=O)CCN1CCN(c2ccccc2F)CC1. The van der Waals surface area contributed by atoms with Gasteiger partial charge in [0.05, 0.1) is 17.5 Å². The van der Waals surface area contributed by atoms with Crippen LogP contribution in [0.15, 0.2) is 48.5 Å². The van der Waals surface area contributed by atoms with Gasteiger partial charge in [0.1, 0.15) is 11.6 Å². The third-order valence-corrected chi connectivity index (χ3v) is 4.74. The molecule has 6 heteroatoms. The summed E-state index contributed by atoms with van der Waals surface area (Å²) in [5, 5.41) is 2.95. The Labute approximate surface area is 166 Å². The number of nitrogens with zero attached hydrogens (tertiary/aromatic N) is 2. The van der Waals surface area contributed by atoms with Gasteiger partial charge in [0.2, 0.25) is 5.91 Å². The van der Waals surface area contributed by atoms with E-state index in [2.05, 4.69) is 15.1 Å². The van der Waals surface area contributed by atoms with Crippen LogP contribution in [0.3, 0.4) is 0 Å². The highest BCUT2D eigenvalue weighted by atomic mass is 19.1. The highest BCUT2D eigenvalue weighted by Crippen LogP contribution is 2.25. The van der Waals surface area contributed by atoms with E-state index >= 15 is 0 Å². The molecule has 28 heavy (non-hydrogen) atoms. The Hall–Kier alpha value is -2.60. The van der Waals surface area contributed by atoms with Crippen LogP contribution >= 0.6 is 0 Å². The first-order valence-electron chi connectivity index (χ1n) is 9.80. The van der Waals surface area contributed by atoms with Gasteiger partial charge in [0, 0.05) is 39.1 Å². The first kappa shape index (κ1) is 20.1. The van der Waals surface area contributed by atoms with Gasteiger partial charge in [-0.25, -0.2) is 4.39 Å². The van der Waals surface area contributed by atoms with Crippen LogP contribution in [0.2, 0.25) is 0 Å². The van der Waals surface area contributed by atoms with Crippen molar-refractivity contribution in [1.82, 2.24) is 4.90 Å². The van der Waals surface area contributed by atoms with Crippen LogP contribution in [0.25, 0.3) is 0 Å². The Balaban J connectivity index is 1.46. The van der Waals surface area contributed by atoms with Crippen molar-refractivity contribution in [3.63, 3.8) is 0 Å². The van der Waals surface area contributed by atoms with Gasteiger partial charge in [-0.1, -0.05) is 24.3 Å². The van der Waals surface area contributed by atoms with Crippen molar-refractivity contribution in [2.45, 2.75) is 26.4 Å². The zero-order chi connectivity index (χ0) is 19.9. The van der Waals surface area contributed by atoms with Gasteiger partial charge < -0.3 is 15.0 Å². The summed E-state index contributed by atoms with van der Waals surface area (Å²) in [4.78, 5) is 16.7. The third kappa shape index (κ3) is 5.45. The Morgan fingerprint density at radius 1 is 1.07 bits per heavy atom. The lowest BCUT2D eigenvalue weighted by Crippen LogP contribution is -2.47. The maximum absolute atomic E-state index is 13.9. The topological polar surface area (TPSA) is 44.8 Å². The molecular formula is C22H28FN3O2. The summed E-state index contributed by atoms with van der Waals surface area (Å²) < 4.78 is 19.7. The number of hydrogen-bond acceptors (Lipinski definition) is 4. The van der Waals surface area contributed by atoms with Crippen molar-refractivity contribution in [1.29, 1.82) is 0 Å². The molecule has 1 aliphatic rings. The predicted octanol–water partition coefficient (Wildman–Crippen LogP) is 3.76. The fraction of sp³-hybridized carbons (Fsp3) is 0.409. The second-order valence-corrected chi connectivity index (χ2v) is 7.24. The lowest BCUT2D eigenvalue weighted by molar-refractivity contribution is -0.116. The van der Waals surface area contributed by atoms with E-state index in [1.54, 1.807) is 6.07 Å². The van der Waals surface area contributed by atoms with Crippen molar-refractivity contribution in [3.8, 4) is 5.75 Å². The van der Waals surface area contributed by atoms with Crippen LogP contribution in [-0.2, 0) is 4.79 Å². The molecule has 0 bridgehead atoms. The zero-order valence-corrected chi connectivity index (χ0v) is 16.5. The van der Waals surface area contributed by atoms with Crippen molar-refractivity contribution >= 4 is 17.3 Å². The molecule has 2 aromatic rings. The van der Waals surface area contributed by atoms with Gasteiger partial charge in [0.15, 0.2) is 0 Å². The lowest BCUT2D eigenvalue weighted by Gasteiger charge is -2.36. The lowest BCUT2D eigenvalue weighted by atomic mass is 10.2. The molecule has 5 nitrogen and oxygen atoms in total. The van der Waals surface area contributed by atoms with Crippen LogP contribution < -0.4 is 15.0 Å². The van der Waals surface area contributed by atoms with E-state index in [1.165, 1.54) is 6.07 Å². The van der Waals surface area contributed by atoms with E-state index in [4.69, 9.17) is 4.74 Å². The number of ether oxygens (including phenoxy) is 1. The summed E-state index contributed by atoms with van der Waals surface area (Å²) in [5.74, 6) is 0.471. The maximum Gasteiger partial charge on any atom is 0.225 e. The zero-order valence-electron chi connectivity index (χ0n) is 16.5. The van der Waals surface area contributed by atoms with E-state index in [-0.39, 0.29) is 17.8 Å². The molecule has 2 aromatic carbocycles. The van der Waals surface area contributed by atoms with Crippen molar-refractivity contribution in [2.75, 3.05) is 42.9 Å². The Kier molecular flexibility index (Phi) is 6.87. The number of carbonyl (C=O) groups is 1. The summed E-state index contributed by atoms with van der Waals surface area (Å²) in [6.07, 6.45) is 0.458. The molecule has 1 fully saturated rings. The van der Waals surface area contributed by atoms with Crippen molar-refractivity contribution < 1.29 is 13.9 Å². The van der Waals surface area contributed by atoms with Crippen LogP contribution in [0.5, 0.6) is 5.75 Å². The molecule has 0 radical (unpaired) electrons. The molecule has 0 atom stereocenters. The molecule has 1 N–H and O–H groups in total. The normalized spacial score (nSPS) is 14.9. The van der Waals surface area contributed by atoms with Crippen LogP contribution in [0.4, 0.5) is 15.8 Å². The average molecular weight is 385 g/mol. The molecular weight excluding hydrogens is 357 g/mol. The number of carbonyl (C=O) groups excluding carboxylic acids is 1. The molecule has 0 aromatic heterocycles. The fourth-order valence-electron chi connectivity index (χ4n) is 3.32. The van der Waals surface area contributed by atoms with E-state index in [0.717, 1.165) is 26.2 Å². The van der Waals surface area contributed by atoms with E-state index in [9.17, 15) is 9.18 Å². The summed E-state index contributed by atoms with van der Waals surface area (Å²) in [5.41, 5.74) is 1.35. The number of rotatable bonds is 7. The fourth-order valence-corrected chi connectivity index (χ4v) is 3.32. The number of piperazine rings is 1. The van der Waals surface area contributed by atoms with Gasteiger partial charge in [-0.2, -0.15) is 0 Å². The molecule has 0 unspecified atom stereocenters. The summed E-state index contributed by atoms with van der Waals surface area (Å²) in [6, 6.07) is 14.4. The molecule has 1 aliphatic heterocycles. The van der Waals surface area contributed by atoms with Crippen LogP contribution in [0.1, 0.15) is 20.3 Å².